The average Bonchev–Trinajstić information content (AvgIpc) is 3.09. The SMILES string of the molecule is CCS(=O)(=O)N[C@@H]1C[C@H]2CN(C(=O)C3CC3)C[C@@]2(c2nc(C)no2)C1. The van der Waals surface area contributed by atoms with Crippen LogP contribution in [-0.4, -0.2) is 54.2 Å². The van der Waals surface area contributed by atoms with Crippen molar-refractivity contribution in [2.24, 2.45) is 11.8 Å². The summed E-state index contributed by atoms with van der Waals surface area (Å²) in [6.45, 7) is 4.58. The molecule has 1 saturated heterocycles. The molecule has 8 nitrogen and oxygen atoms in total. The van der Waals surface area contributed by atoms with Gasteiger partial charge in [0.15, 0.2) is 5.82 Å². The van der Waals surface area contributed by atoms with Crippen LogP contribution >= 0.6 is 0 Å². The van der Waals surface area contributed by atoms with Crippen LogP contribution in [0, 0.1) is 18.8 Å². The third kappa shape index (κ3) is 2.97. The first-order chi connectivity index (χ1) is 11.8. The highest BCUT2D eigenvalue weighted by atomic mass is 32.2. The molecule has 9 heteroatoms. The summed E-state index contributed by atoms with van der Waals surface area (Å²) in [6, 6.07) is -0.152. The van der Waals surface area contributed by atoms with Crippen LogP contribution < -0.4 is 4.72 Å². The lowest BCUT2D eigenvalue weighted by Crippen LogP contribution is -2.40. The molecule has 2 heterocycles. The minimum absolute atomic E-state index is 0.0626. The molecule has 25 heavy (non-hydrogen) atoms. The van der Waals surface area contributed by atoms with Crippen LogP contribution in [0.2, 0.25) is 0 Å². The van der Waals surface area contributed by atoms with E-state index in [1.54, 1.807) is 13.8 Å². The summed E-state index contributed by atoms with van der Waals surface area (Å²) in [7, 11) is -3.27. The number of sulfonamides is 1. The van der Waals surface area contributed by atoms with E-state index in [0.29, 0.717) is 37.6 Å². The van der Waals surface area contributed by atoms with E-state index in [1.807, 2.05) is 4.90 Å². The minimum atomic E-state index is -3.27. The summed E-state index contributed by atoms with van der Waals surface area (Å²) < 4.78 is 32.2. The minimum Gasteiger partial charge on any atom is -0.341 e. The van der Waals surface area contributed by atoms with Crippen LogP contribution in [0.4, 0.5) is 0 Å². The second-order valence-electron chi connectivity index (χ2n) is 7.65. The number of hydrogen-bond donors (Lipinski definition) is 1. The lowest BCUT2D eigenvalue weighted by Gasteiger charge is -2.25. The van der Waals surface area contributed by atoms with Crippen molar-refractivity contribution in [1.82, 2.24) is 19.8 Å². The normalized spacial score (nSPS) is 32.2. The third-order valence-corrected chi connectivity index (χ3v) is 7.25. The van der Waals surface area contributed by atoms with Gasteiger partial charge >= 0.3 is 0 Å². The number of rotatable bonds is 5. The number of aromatic nitrogens is 2. The van der Waals surface area contributed by atoms with Gasteiger partial charge in [0.25, 0.3) is 0 Å². The zero-order valence-electron chi connectivity index (χ0n) is 14.6. The molecule has 1 amide bonds. The molecule has 3 atom stereocenters. The third-order valence-electron chi connectivity index (χ3n) is 5.79. The standard InChI is InChI=1S/C16H24N4O4S/c1-3-25(22,23)19-13-6-12-8-20(14(21)11-4-5-11)9-16(12,7-13)15-17-10(2)18-24-15/h11-13,19H,3-9H2,1-2H3/t12-,13+,16-/m0/s1. The van der Waals surface area contributed by atoms with Crippen LogP contribution in [-0.2, 0) is 20.2 Å². The molecule has 0 radical (unpaired) electrons. The van der Waals surface area contributed by atoms with Gasteiger partial charge in [0.05, 0.1) is 11.2 Å². The van der Waals surface area contributed by atoms with E-state index in [4.69, 9.17) is 4.52 Å². The molecule has 0 unspecified atom stereocenters. The van der Waals surface area contributed by atoms with Crippen molar-refractivity contribution in [3.05, 3.63) is 11.7 Å². The van der Waals surface area contributed by atoms with Gasteiger partial charge in [0, 0.05) is 25.0 Å². The molecule has 4 rings (SSSR count). The summed E-state index contributed by atoms with van der Waals surface area (Å²) in [5.74, 6) is 1.70. The molecule has 3 aliphatic rings. The molecule has 0 aromatic carbocycles. The topological polar surface area (TPSA) is 105 Å². The van der Waals surface area contributed by atoms with Gasteiger partial charge in [0.1, 0.15) is 0 Å². The number of nitrogens with zero attached hydrogens (tertiary/aromatic N) is 3. The second kappa shape index (κ2) is 5.77. The maximum Gasteiger partial charge on any atom is 0.235 e. The van der Waals surface area contributed by atoms with Crippen molar-refractivity contribution in [3.8, 4) is 0 Å². The van der Waals surface area contributed by atoms with Gasteiger partial charge in [-0.3, -0.25) is 4.79 Å². The van der Waals surface area contributed by atoms with Crippen LogP contribution in [0.15, 0.2) is 4.52 Å². The number of carbonyl (C=O) groups excluding carboxylic acids is 1. The highest BCUT2D eigenvalue weighted by Gasteiger charge is 2.59. The van der Waals surface area contributed by atoms with E-state index in [-0.39, 0.29) is 29.5 Å². The maximum absolute atomic E-state index is 12.5. The molecule has 1 aromatic rings. The number of amides is 1. The van der Waals surface area contributed by atoms with E-state index < -0.39 is 15.4 Å². The van der Waals surface area contributed by atoms with Crippen molar-refractivity contribution >= 4 is 15.9 Å². The Balaban J connectivity index is 1.60. The predicted molar refractivity (Wildman–Crippen MR) is 89.1 cm³/mol. The second-order valence-corrected chi connectivity index (χ2v) is 9.69. The molecular weight excluding hydrogens is 344 g/mol. The number of aryl methyl sites for hydroxylation is 1. The first kappa shape index (κ1) is 17.0. The highest BCUT2D eigenvalue weighted by Crippen LogP contribution is 2.51. The Morgan fingerprint density at radius 2 is 2.20 bits per heavy atom. The average molecular weight is 368 g/mol. The highest BCUT2D eigenvalue weighted by molar-refractivity contribution is 7.89. The summed E-state index contributed by atoms with van der Waals surface area (Å²) >= 11 is 0. The zero-order chi connectivity index (χ0) is 17.8. The monoisotopic (exact) mass is 368 g/mol. The van der Waals surface area contributed by atoms with E-state index in [0.717, 1.165) is 12.8 Å². The molecule has 2 aliphatic carbocycles. The summed E-state index contributed by atoms with van der Waals surface area (Å²) in [5, 5.41) is 3.92. The van der Waals surface area contributed by atoms with E-state index in [9.17, 15) is 13.2 Å². The summed E-state index contributed by atoms with van der Waals surface area (Å²) in [6.07, 6.45) is 3.24. The lowest BCUT2D eigenvalue weighted by molar-refractivity contribution is -0.131. The lowest BCUT2D eigenvalue weighted by atomic mass is 9.80. The van der Waals surface area contributed by atoms with Crippen LogP contribution in [0.3, 0.4) is 0 Å². The Morgan fingerprint density at radius 1 is 1.44 bits per heavy atom. The zero-order valence-corrected chi connectivity index (χ0v) is 15.4. The molecule has 138 valence electrons. The van der Waals surface area contributed by atoms with Crippen LogP contribution in [0.5, 0.6) is 0 Å². The van der Waals surface area contributed by atoms with Crippen molar-refractivity contribution in [3.63, 3.8) is 0 Å². The first-order valence-electron chi connectivity index (χ1n) is 8.92. The van der Waals surface area contributed by atoms with Crippen molar-refractivity contribution < 1.29 is 17.7 Å². The number of carbonyl (C=O) groups is 1. The van der Waals surface area contributed by atoms with Crippen molar-refractivity contribution in [2.75, 3.05) is 18.8 Å². The smallest absolute Gasteiger partial charge is 0.235 e. The van der Waals surface area contributed by atoms with Gasteiger partial charge in [0.2, 0.25) is 21.8 Å². The fraction of sp³-hybridized carbons (Fsp3) is 0.812. The van der Waals surface area contributed by atoms with Crippen LogP contribution in [0.25, 0.3) is 0 Å². The van der Waals surface area contributed by atoms with Crippen LogP contribution in [0.1, 0.15) is 44.3 Å². The van der Waals surface area contributed by atoms with Gasteiger partial charge in [-0.1, -0.05) is 5.16 Å². The molecule has 0 spiro atoms. The Labute approximate surface area is 147 Å². The Bertz CT molecular complexity index is 788. The largest absolute Gasteiger partial charge is 0.341 e. The van der Waals surface area contributed by atoms with Crippen molar-refractivity contribution in [1.29, 1.82) is 0 Å². The number of hydrogen-bond acceptors (Lipinski definition) is 6. The Kier molecular flexibility index (Phi) is 3.91. The Hall–Kier alpha value is -1.48. The molecule has 2 saturated carbocycles. The van der Waals surface area contributed by atoms with Gasteiger partial charge in [-0.25, -0.2) is 13.1 Å². The molecular formula is C16H24N4O4S. The van der Waals surface area contributed by atoms with Gasteiger partial charge < -0.3 is 9.42 Å². The fourth-order valence-corrected chi connectivity index (χ4v) is 5.24. The fourth-order valence-electron chi connectivity index (χ4n) is 4.39. The summed E-state index contributed by atoms with van der Waals surface area (Å²) in [4.78, 5) is 18.9. The molecule has 3 fully saturated rings. The first-order valence-corrected chi connectivity index (χ1v) is 10.6. The van der Waals surface area contributed by atoms with Gasteiger partial charge in [-0.2, -0.15) is 4.98 Å². The molecule has 0 bridgehead atoms. The van der Waals surface area contributed by atoms with Crippen molar-refractivity contribution in [2.45, 2.75) is 51.0 Å². The predicted octanol–water partition coefficient (Wildman–Crippen LogP) is 0.586. The van der Waals surface area contributed by atoms with Gasteiger partial charge in [-0.15, -0.1) is 0 Å². The Morgan fingerprint density at radius 3 is 2.80 bits per heavy atom. The quantitative estimate of drug-likeness (QED) is 0.815. The number of nitrogens with one attached hydrogen (secondary N) is 1. The number of likely N-dealkylation sites (tertiary alicyclic amines) is 1. The van der Waals surface area contributed by atoms with E-state index in [1.165, 1.54) is 0 Å². The molecule has 1 N–H and O–H groups in total. The van der Waals surface area contributed by atoms with E-state index in [2.05, 4.69) is 14.9 Å². The number of fused-ring (bicyclic) bond motifs is 1. The van der Waals surface area contributed by atoms with Gasteiger partial charge in [-0.05, 0) is 45.4 Å². The summed E-state index contributed by atoms with van der Waals surface area (Å²) in [5.41, 5.74) is -0.438. The molecule has 1 aliphatic heterocycles. The van der Waals surface area contributed by atoms with E-state index >= 15 is 0 Å². The maximum atomic E-state index is 12.5. The molecule has 1 aromatic heterocycles.